The first-order chi connectivity index (χ1) is 13.0. The highest BCUT2D eigenvalue weighted by Gasteiger charge is 2.22. The van der Waals surface area contributed by atoms with Gasteiger partial charge in [0.2, 0.25) is 5.75 Å². The second-order valence-electron chi connectivity index (χ2n) is 5.87. The smallest absolute Gasteiger partial charge is 0.318 e. The van der Waals surface area contributed by atoms with E-state index >= 15 is 0 Å². The third-order valence-electron chi connectivity index (χ3n) is 4.21. The Hall–Kier alpha value is -3.94. The number of benzene rings is 3. The van der Waals surface area contributed by atoms with Crippen molar-refractivity contribution in [3.8, 4) is 28.4 Å². The van der Waals surface area contributed by atoms with Gasteiger partial charge in [-0.25, -0.2) is 0 Å². The lowest BCUT2D eigenvalue weighted by Gasteiger charge is -2.21. The van der Waals surface area contributed by atoms with Crippen LogP contribution in [0.2, 0.25) is 0 Å². The molecule has 1 aliphatic rings. The van der Waals surface area contributed by atoms with Crippen molar-refractivity contribution in [2.24, 2.45) is 0 Å². The first kappa shape index (κ1) is 16.5. The summed E-state index contributed by atoms with van der Waals surface area (Å²) in [4.78, 5) is 20.7. The number of fused-ring (bicyclic) bond motifs is 3. The van der Waals surface area contributed by atoms with Gasteiger partial charge in [-0.3, -0.25) is 20.2 Å². The summed E-state index contributed by atoms with van der Waals surface area (Å²) in [5.74, 6) is 1.11. The molecular formula is C19H12N2O6. The number of hydrogen-bond acceptors (Lipinski definition) is 6. The average molecular weight is 364 g/mol. The molecule has 0 N–H and O–H groups in total. The third-order valence-corrected chi connectivity index (χ3v) is 4.21. The van der Waals surface area contributed by atoms with E-state index < -0.39 is 15.5 Å². The van der Waals surface area contributed by atoms with Gasteiger partial charge in [0.05, 0.1) is 15.9 Å². The molecule has 0 saturated heterocycles. The maximum absolute atomic E-state index is 11.2. The second kappa shape index (κ2) is 6.41. The summed E-state index contributed by atoms with van der Waals surface area (Å²) in [5, 5.41) is 22.1. The molecule has 134 valence electrons. The first-order valence-corrected chi connectivity index (χ1v) is 7.99. The van der Waals surface area contributed by atoms with Crippen LogP contribution in [0.15, 0.2) is 60.7 Å². The van der Waals surface area contributed by atoms with Crippen LogP contribution in [-0.4, -0.2) is 9.85 Å². The summed E-state index contributed by atoms with van der Waals surface area (Å²) in [7, 11) is 0. The van der Waals surface area contributed by atoms with E-state index in [9.17, 15) is 20.2 Å². The fourth-order valence-electron chi connectivity index (χ4n) is 2.96. The minimum atomic E-state index is -0.708. The number of hydrogen-bond donors (Lipinski definition) is 0. The number of non-ortho nitro benzene ring substituents is 1. The highest BCUT2D eigenvalue weighted by molar-refractivity contribution is 5.75. The molecule has 4 rings (SSSR count). The molecule has 0 unspecified atom stereocenters. The predicted octanol–water partition coefficient (Wildman–Crippen LogP) is 4.85. The number of rotatable bonds is 4. The van der Waals surface area contributed by atoms with E-state index in [1.54, 1.807) is 12.1 Å². The Labute approximate surface area is 152 Å². The van der Waals surface area contributed by atoms with Crippen molar-refractivity contribution in [1.29, 1.82) is 0 Å². The highest BCUT2D eigenvalue weighted by atomic mass is 16.6. The average Bonchev–Trinajstić information content (AvgIpc) is 2.67. The van der Waals surface area contributed by atoms with Gasteiger partial charge in [-0.1, -0.05) is 24.3 Å². The summed E-state index contributed by atoms with van der Waals surface area (Å²) in [6.45, 7) is 0.353. The van der Waals surface area contributed by atoms with E-state index in [0.29, 0.717) is 12.4 Å². The zero-order valence-electron chi connectivity index (χ0n) is 13.8. The molecule has 8 heteroatoms. The quantitative estimate of drug-likeness (QED) is 0.484. The molecular weight excluding hydrogens is 352 g/mol. The fraction of sp³-hybridized carbons (Fsp3) is 0.0526. The molecule has 0 amide bonds. The normalized spacial score (nSPS) is 11.7. The van der Waals surface area contributed by atoms with Gasteiger partial charge < -0.3 is 9.47 Å². The number of nitrogens with zero attached hydrogens (tertiary/aromatic N) is 2. The Kier molecular flexibility index (Phi) is 3.92. The van der Waals surface area contributed by atoms with Gasteiger partial charge in [0.15, 0.2) is 0 Å². The van der Waals surface area contributed by atoms with E-state index in [4.69, 9.17) is 9.47 Å². The largest absolute Gasteiger partial charge is 0.488 e. The molecule has 3 aromatic rings. The standard InChI is InChI=1S/C19H12N2O6/c22-20(23)13-5-8-19(17(10-13)21(24)25)27-14-6-7-15-12(9-14)11-26-18-4-2-1-3-16(15)18/h1-10H,11H2. The Morgan fingerprint density at radius 2 is 1.70 bits per heavy atom. The minimum Gasteiger partial charge on any atom is -0.488 e. The van der Waals surface area contributed by atoms with Crippen molar-refractivity contribution in [1.82, 2.24) is 0 Å². The van der Waals surface area contributed by atoms with Crippen molar-refractivity contribution < 1.29 is 19.3 Å². The molecule has 0 bridgehead atoms. The molecule has 0 saturated carbocycles. The SMILES string of the molecule is O=[N+]([O-])c1ccc(Oc2ccc3c(c2)COc2ccccc2-3)c([N+](=O)[O-])c1. The van der Waals surface area contributed by atoms with Crippen LogP contribution in [0.5, 0.6) is 17.2 Å². The van der Waals surface area contributed by atoms with Crippen LogP contribution >= 0.6 is 0 Å². The molecule has 0 aromatic heterocycles. The first-order valence-electron chi connectivity index (χ1n) is 7.99. The third kappa shape index (κ3) is 3.04. The second-order valence-corrected chi connectivity index (χ2v) is 5.87. The molecule has 1 heterocycles. The monoisotopic (exact) mass is 364 g/mol. The van der Waals surface area contributed by atoms with Gasteiger partial charge >= 0.3 is 5.69 Å². The number of ether oxygens (including phenoxy) is 2. The Morgan fingerprint density at radius 1 is 0.889 bits per heavy atom. The van der Waals surface area contributed by atoms with Gasteiger partial charge in [0.25, 0.3) is 5.69 Å². The molecule has 3 aromatic carbocycles. The van der Waals surface area contributed by atoms with Gasteiger partial charge in [-0.05, 0) is 29.8 Å². The molecule has 8 nitrogen and oxygen atoms in total. The zero-order chi connectivity index (χ0) is 19.0. The number of para-hydroxylation sites is 1. The van der Waals surface area contributed by atoms with Crippen LogP contribution in [0.3, 0.4) is 0 Å². The lowest BCUT2D eigenvalue weighted by Crippen LogP contribution is -2.05. The molecule has 1 aliphatic heterocycles. The van der Waals surface area contributed by atoms with Crippen molar-refractivity contribution in [3.63, 3.8) is 0 Å². The van der Waals surface area contributed by atoms with Crippen molar-refractivity contribution in [3.05, 3.63) is 86.5 Å². The number of nitro benzene ring substituents is 2. The summed E-state index contributed by atoms with van der Waals surface area (Å²) in [5.41, 5.74) is 2.01. The fourth-order valence-corrected chi connectivity index (χ4v) is 2.96. The van der Waals surface area contributed by atoms with Crippen LogP contribution in [0, 0.1) is 20.2 Å². The lowest BCUT2D eigenvalue weighted by molar-refractivity contribution is -0.394. The van der Waals surface area contributed by atoms with Crippen LogP contribution in [-0.2, 0) is 6.61 Å². The van der Waals surface area contributed by atoms with Crippen molar-refractivity contribution >= 4 is 11.4 Å². The van der Waals surface area contributed by atoms with Gasteiger partial charge in [-0.15, -0.1) is 0 Å². The van der Waals surface area contributed by atoms with Crippen LogP contribution < -0.4 is 9.47 Å². The molecule has 27 heavy (non-hydrogen) atoms. The minimum absolute atomic E-state index is 0.0670. The summed E-state index contributed by atoms with van der Waals surface area (Å²) in [6, 6.07) is 16.2. The van der Waals surface area contributed by atoms with Gasteiger partial charge in [-0.2, -0.15) is 0 Å². The number of nitro groups is 2. The molecule has 0 spiro atoms. The molecule has 0 aliphatic carbocycles. The Bertz CT molecular complexity index is 1080. The zero-order valence-corrected chi connectivity index (χ0v) is 13.8. The lowest BCUT2D eigenvalue weighted by atomic mass is 9.97. The Balaban J connectivity index is 1.69. The summed E-state index contributed by atoms with van der Waals surface area (Å²) < 4.78 is 11.4. The van der Waals surface area contributed by atoms with Crippen molar-refractivity contribution in [2.75, 3.05) is 0 Å². The predicted molar refractivity (Wildman–Crippen MR) is 96.0 cm³/mol. The van der Waals surface area contributed by atoms with E-state index in [1.165, 1.54) is 12.1 Å². The molecule has 0 atom stereocenters. The van der Waals surface area contributed by atoms with E-state index in [2.05, 4.69) is 0 Å². The van der Waals surface area contributed by atoms with Crippen LogP contribution in [0.1, 0.15) is 5.56 Å². The Morgan fingerprint density at radius 3 is 2.48 bits per heavy atom. The van der Waals surface area contributed by atoms with Crippen LogP contribution in [0.4, 0.5) is 11.4 Å². The van der Waals surface area contributed by atoms with Gasteiger partial charge in [0, 0.05) is 17.2 Å². The van der Waals surface area contributed by atoms with E-state index in [-0.39, 0.29) is 11.4 Å². The molecule has 0 radical (unpaired) electrons. The highest BCUT2D eigenvalue weighted by Crippen LogP contribution is 2.40. The van der Waals surface area contributed by atoms with Crippen molar-refractivity contribution in [2.45, 2.75) is 6.61 Å². The topological polar surface area (TPSA) is 105 Å². The maximum Gasteiger partial charge on any atom is 0.318 e. The summed E-state index contributed by atoms with van der Waals surface area (Å²) >= 11 is 0. The van der Waals surface area contributed by atoms with Crippen LogP contribution in [0.25, 0.3) is 11.1 Å². The molecule has 0 fully saturated rings. The van der Waals surface area contributed by atoms with Gasteiger partial charge in [0.1, 0.15) is 18.1 Å². The summed E-state index contributed by atoms with van der Waals surface area (Å²) in [6.07, 6.45) is 0. The van der Waals surface area contributed by atoms with E-state index in [1.807, 2.05) is 30.3 Å². The maximum atomic E-state index is 11.2. The van der Waals surface area contributed by atoms with E-state index in [0.717, 1.165) is 28.5 Å².